The van der Waals surface area contributed by atoms with E-state index in [1.54, 1.807) is 6.92 Å². The van der Waals surface area contributed by atoms with Crippen LogP contribution in [0.1, 0.15) is 51.2 Å². The van der Waals surface area contributed by atoms with Crippen LogP contribution in [0, 0.1) is 12.7 Å². The van der Waals surface area contributed by atoms with Crippen LogP contribution >= 0.6 is 0 Å². The summed E-state index contributed by atoms with van der Waals surface area (Å²) >= 11 is 0. The van der Waals surface area contributed by atoms with Crippen LogP contribution in [0.3, 0.4) is 0 Å². The molecule has 0 fully saturated rings. The summed E-state index contributed by atoms with van der Waals surface area (Å²) in [6.45, 7) is 3.39. The normalized spacial score (nSPS) is 11.7. The summed E-state index contributed by atoms with van der Waals surface area (Å²) in [6.07, 6.45) is 3.00. The Labute approximate surface area is 144 Å². The van der Waals surface area contributed by atoms with Gasteiger partial charge in [-0.1, -0.05) is 6.92 Å². The highest BCUT2D eigenvalue weighted by Crippen LogP contribution is 2.28. The molecule has 1 aromatic carbocycles. The average Bonchev–Trinajstić information content (AvgIpc) is 2.59. The van der Waals surface area contributed by atoms with E-state index in [1.807, 2.05) is 6.92 Å². The van der Waals surface area contributed by atoms with Crippen molar-refractivity contribution in [1.29, 1.82) is 0 Å². The first-order valence-corrected chi connectivity index (χ1v) is 7.71. The number of benzene rings is 1. The van der Waals surface area contributed by atoms with E-state index in [0.29, 0.717) is 23.3 Å². The molecule has 2 aromatic rings. The number of aromatic nitrogens is 1. The molecular formula is C18H19FN2O4. The van der Waals surface area contributed by atoms with Gasteiger partial charge in [-0.2, -0.15) is 0 Å². The van der Waals surface area contributed by atoms with E-state index in [-0.39, 0.29) is 11.1 Å². The standard InChI is InChI=1S/C18H19FN2O4/c1-4-15(12-7-11(19)5-6-16(12)25-3)21-17(22)13-8-20-9-14(10(13)2)18(23)24/h5-9,15H,4H2,1-3H3,(H,21,22)(H,23,24). The predicted octanol–water partition coefficient (Wildman–Crippen LogP) is 3.12. The number of halogens is 1. The molecule has 0 bridgehead atoms. The number of carbonyl (C=O) groups is 2. The molecule has 1 unspecified atom stereocenters. The van der Waals surface area contributed by atoms with Crippen molar-refractivity contribution in [2.45, 2.75) is 26.3 Å². The molecule has 0 aliphatic heterocycles. The third-order valence-electron chi connectivity index (χ3n) is 3.97. The van der Waals surface area contributed by atoms with Gasteiger partial charge in [0, 0.05) is 18.0 Å². The van der Waals surface area contributed by atoms with E-state index in [0.717, 1.165) is 0 Å². The highest BCUT2D eigenvalue weighted by Gasteiger charge is 2.21. The summed E-state index contributed by atoms with van der Waals surface area (Å²) in [5, 5.41) is 11.9. The number of hydrogen-bond donors (Lipinski definition) is 2. The van der Waals surface area contributed by atoms with Crippen LogP contribution in [0.5, 0.6) is 5.75 Å². The number of hydrogen-bond acceptors (Lipinski definition) is 4. The zero-order chi connectivity index (χ0) is 18.6. The lowest BCUT2D eigenvalue weighted by molar-refractivity contribution is 0.0695. The predicted molar refractivity (Wildman–Crippen MR) is 89.4 cm³/mol. The van der Waals surface area contributed by atoms with Crippen molar-refractivity contribution in [2.24, 2.45) is 0 Å². The van der Waals surface area contributed by atoms with Crippen LogP contribution in [0.15, 0.2) is 30.6 Å². The Morgan fingerprint density at radius 2 is 2.00 bits per heavy atom. The minimum atomic E-state index is -1.15. The second kappa shape index (κ2) is 7.74. The number of ether oxygens (including phenoxy) is 1. The molecule has 0 saturated carbocycles. The maximum absolute atomic E-state index is 13.6. The maximum atomic E-state index is 13.6. The van der Waals surface area contributed by atoms with E-state index >= 15 is 0 Å². The number of carbonyl (C=O) groups excluding carboxylic acids is 1. The third kappa shape index (κ3) is 3.93. The van der Waals surface area contributed by atoms with Crippen molar-refractivity contribution in [3.05, 3.63) is 58.7 Å². The van der Waals surface area contributed by atoms with E-state index in [2.05, 4.69) is 10.3 Å². The SMILES string of the molecule is CCC(NC(=O)c1cncc(C(=O)O)c1C)c1cc(F)ccc1OC. The molecule has 7 heteroatoms. The minimum Gasteiger partial charge on any atom is -0.496 e. The molecule has 1 atom stereocenters. The number of nitrogens with one attached hydrogen (secondary N) is 1. The third-order valence-corrected chi connectivity index (χ3v) is 3.97. The molecule has 0 aliphatic rings. The minimum absolute atomic E-state index is 0.0379. The topological polar surface area (TPSA) is 88.5 Å². The molecular weight excluding hydrogens is 327 g/mol. The molecule has 1 heterocycles. The average molecular weight is 346 g/mol. The second-order valence-corrected chi connectivity index (χ2v) is 5.49. The number of rotatable bonds is 6. The fourth-order valence-electron chi connectivity index (χ4n) is 2.58. The second-order valence-electron chi connectivity index (χ2n) is 5.49. The zero-order valence-electron chi connectivity index (χ0n) is 14.2. The lowest BCUT2D eigenvalue weighted by Gasteiger charge is -2.20. The molecule has 0 spiro atoms. The van der Waals surface area contributed by atoms with Crippen LogP contribution in [0.2, 0.25) is 0 Å². The molecule has 0 radical (unpaired) electrons. The molecule has 0 saturated heterocycles. The number of pyridine rings is 1. The summed E-state index contributed by atoms with van der Waals surface area (Å²) in [7, 11) is 1.47. The van der Waals surface area contributed by atoms with Gasteiger partial charge >= 0.3 is 5.97 Å². The molecule has 6 nitrogen and oxygen atoms in total. The number of carboxylic acids is 1. The Morgan fingerprint density at radius 3 is 2.60 bits per heavy atom. The molecule has 1 aromatic heterocycles. The summed E-state index contributed by atoms with van der Waals surface area (Å²) in [4.78, 5) is 27.6. The fraction of sp³-hybridized carbons (Fsp3) is 0.278. The van der Waals surface area contributed by atoms with Crippen molar-refractivity contribution in [1.82, 2.24) is 10.3 Å². The van der Waals surface area contributed by atoms with Gasteiger partial charge < -0.3 is 15.2 Å². The lowest BCUT2D eigenvalue weighted by Crippen LogP contribution is -2.29. The Kier molecular flexibility index (Phi) is 5.69. The number of amides is 1. The molecule has 2 rings (SSSR count). The van der Waals surface area contributed by atoms with Gasteiger partial charge in [-0.15, -0.1) is 0 Å². The Morgan fingerprint density at radius 1 is 1.32 bits per heavy atom. The largest absolute Gasteiger partial charge is 0.496 e. The van der Waals surface area contributed by atoms with E-state index < -0.39 is 23.7 Å². The molecule has 132 valence electrons. The monoisotopic (exact) mass is 346 g/mol. The quantitative estimate of drug-likeness (QED) is 0.839. The Hall–Kier alpha value is -2.96. The van der Waals surface area contributed by atoms with Crippen molar-refractivity contribution in [2.75, 3.05) is 7.11 Å². The highest BCUT2D eigenvalue weighted by atomic mass is 19.1. The van der Waals surface area contributed by atoms with Crippen molar-refractivity contribution >= 4 is 11.9 Å². The van der Waals surface area contributed by atoms with Crippen molar-refractivity contribution in [3.63, 3.8) is 0 Å². The van der Waals surface area contributed by atoms with E-state index in [9.17, 15) is 14.0 Å². The lowest BCUT2D eigenvalue weighted by atomic mass is 10.0. The van der Waals surface area contributed by atoms with E-state index in [1.165, 1.54) is 37.7 Å². The molecule has 25 heavy (non-hydrogen) atoms. The Bertz CT molecular complexity index is 808. The van der Waals surface area contributed by atoms with Crippen LogP contribution in [-0.2, 0) is 0 Å². The van der Waals surface area contributed by atoms with Gasteiger partial charge in [0.15, 0.2) is 0 Å². The van der Waals surface area contributed by atoms with Crippen molar-refractivity contribution in [3.8, 4) is 5.75 Å². The van der Waals surface area contributed by atoms with Gasteiger partial charge in [-0.05, 0) is 37.1 Å². The van der Waals surface area contributed by atoms with Crippen molar-refractivity contribution < 1.29 is 23.8 Å². The summed E-state index contributed by atoms with van der Waals surface area (Å²) < 4.78 is 18.8. The van der Waals surface area contributed by atoms with Gasteiger partial charge in [0.05, 0.1) is 24.3 Å². The zero-order valence-corrected chi connectivity index (χ0v) is 14.2. The molecule has 2 N–H and O–H groups in total. The summed E-state index contributed by atoms with van der Waals surface area (Å²) in [6, 6.07) is 3.59. The van der Waals surface area contributed by atoms with Crippen LogP contribution in [0.4, 0.5) is 4.39 Å². The number of methoxy groups -OCH3 is 1. The first-order valence-electron chi connectivity index (χ1n) is 7.71. The van der Waals surface area contributed by atoms with Gasteiger partial charge in [-0.3, -0.25) is 9.78 Å². The number of aromatic carboxylic acids is 1. The fourth-order valence-corrected chi connectivity index (χ4v) is 2.58. The van der Waals surface area contributed by atoms with Gasteiger partial charge in [-0.25, -0.2) is 9.18 Å². The van der Waals surface area contributed by atoms with Gasteiger partial charge in [0.25, 0.3) is 5.91 Å². The van der Waals surface area contributed by atoms with Crippen LogP contribution < -0.4 is 10.1 Å². The number of nitrogens with zero attached hydrogens (tertiary/aromatic N) is 1. The Balaban J connectivity index is 2.34. The first-order chi connectivity index (χ1) is 11.9. The molecule has 0 aliphatic carbocycles. The summed E-state index contributed by atoms with van der Waals surface area (Å²) in [5.41, 5.74) is 0.956. The first kappa shape index (κ1) is 18.4. The van der Waals surface area contributed by atoms with Crippen LogP contribution in [-0.4, -0.2) is 29.1 Å². The van der Waals surface area contributed by atoms with Gasteiger partial charge in [0.1, 0.15) is 11.6 Å². The summed E-state index contributed by atoms with van der Waals surface area (Å²) in [5.74, 6) is -1.61. The smallest absolute Gasteiger partial charge is 0.337 e. The highest BCUT2D eigenvalue weighted by molar-refractivity contribution is 5.99. The maximum Gasteiger partial charge on any atom is 0.337 e. The molecule has 1 amide bonds. The van der Waals surface area contributed by atoms with Gasteiger partial charge in [0.2, 0.25) is 0 Å². The van der Waals surface area contributed by atoms with Crippen LogP contribution in [0.25, 0.3) is 0 Å². The number of carboxylic acid groups (broad SMARTS) is 1. The van der Waals surface area contributed by atoms with E-state index in [4.69, 9.17) is 9.84 Å².